The van der Waals surface area contributed by atoms with Crippen molar-refractivity contribution in [2.45, 2.75) is 44.6 Å². The van der Waals surface area contributed by atoms with Crippen LogP contribution in [0, 0.1) is 0 Å². The van der Waals surface area contributed by atoms with Gasteiger partial charge in [0.1, 0.15) is 0 Å². The van der Waals surface area contributed by atoms with Crippen molar-refractivity contribution in [1.29, 1.82) is 0 Å². The highest BCUT2D eigenvalue weighted by atomic mass is 16.5. The molecular weight excluding hydrogens is 352 g/mol. The standard InChI is InChI=1S/C23H24N2O3/c26-22(24-18-7-3-1-2-4-8-18)17-13-11-16(12-14-17)15-21-23(27)25-19-9-5-6-10-20(19)28-21/h5-6,9-15,18H,1-4,7-8H2,(H,24,26)(H,25,27). The number of carbonyl (C=O) groups is 2. The zero-order valence-corrected chi connectivity index (χ0v) is 15.7. The Bertz CT molecular complexity index is 894. The van der Waals surface area contributed by atoms with Crippen LogP contribution >= 0.6 is 0 Å². The minimum atomic E-state index is -0.283. The molecule has 1 saturated carbocycles. The first-order valence-electron chi connectivity index (χ1n) is 9.90. The quantitative estimate of drug-likeness (QED) is 0.612. The number of benzene rings is 2. The Kier molecular flexibility index (Phi) is 5.42. The molecule has 0 atom stereocenters. The number of ether oxygens (including phenoxy) is 1. The Balaban J connectivity index is 1.44. The molecule has 0 spiro atoms. The zero-order valence-electron chi connectivity index (χ0n) is 15.7. The van der Waals surface area contributed by atoms with Gasteiger partial charge in [-0.05, 0) is 48.7 Å². The van der Waals surface area contributed by atoms with Gasteiger partial charge >= 0.3 is 0 Å². The summed E-state index contributed by atoms with van der Waals surface area (Å²) in [5.41, 5.74) is 2.09. The SMILES string of the molecule is O=C1Nc2ccccc2OC1=Cc1ccc(C(=O)NC2CCCCCC2)cc1. The summed E-state index contributed by atoms with van der Waals surface area (Å²) in [6.07, 6.45) is 8.68. The van der Waals surface area contributed by atoms with Crippen LogP contribution in [0.2, 0.25) is 0 Å². The molecule has 2 aromatic carbocycles. The molecule has 1 heterocycles. The smallest absolute Gasteiger partial charge is 0.291 e. The molecule has 0 bridgehead atoms. The van der Waals surface area contributed by atoms with Gasteiger partial charge in [0.05, 0.1) is 5.69 Å². The molecule has 1 aliphatic heterocycles. The van der Waals surface area contributed by atoms with Crippen molar-refractivity contribution in [3.05, 3.63) is 65.4 Å². The van der Waals surface area contributed by atoms with Crippen molar-refractivity contribution >= 4 is 23.6 Å². The van der Waals surface area contributed by atoms with Crippen molar-refractivity contribution in [3.63, 3.8) is 0 Å². The van der Waals surface area contributed by atoms with Crippen LogP contribution in [0.25, 0.3) is 6.08 Å². The van der Waals surface area contributed by atoms with Gasteiger partial charge in [0.25, 0.3) is 11.8 Å². The van der Waals surface area contributed by atoms with E-state index in [1.165, 1.54) is 25.7 Å². The van der Waals surface area contributed by atoms with Gasteiger partial charge in [-0.15, -0.1) is 0 Å². The van der Waals surface area contributed by atoms with E-state index in [0.717, 1.165) is 18.4 Å². The van der Waals surface area contributed by atoms with Gasteiger partial charge in [0.15, 0.2) is 11.5 Å². The van der Waals surface area contributed by atoms with E-state index < -0.39 is 0 Å². The molecule has 0 aromatic heterocycles. The van der Waals surface area contributed by atoms with Gasteiger partial charge in [-0.3, -0.25) is 9.59 Å². The third-order valence-electron chi connectivity index (χ3n) is 5.24. The van der Waals surface area contributed by atoms with Crippen LogP contribution in [-0.4, -0.2) is 17.9 Å². The van der Waals surface area contributed by atoms with Gasteiger partial charge in [-0.1, -0.05) is 49.9 Å². The lowest BCUT2D eigenvalue weighted by molar-refractivity contribution is -0.115. The predicted molar refractivity (Wildman–Crippen MR) is 109 cm³/mol. The third kappa shape index (κ3) is 4.25. The molecule has 4 rings (SSSR count). The van der Waals surface area contributed by atoms with E-state index in [-0.39, 0.29) is 23.6 Å². The highest BCUT2D eigenvalue weighted by Gasteiger charge is 2.21. The number of hydrogen-bond donors (Lipinski definition) is 2. The van der Waals surface area contributed by atoms with Crippen LogP contribution < -0.4 is 15.4 Å². The van der Waals surface area contributed by atoms with E-state index in [0.29, 0.717) is 17.0 Å². The van der Waals surface area contributed by atoms with Crippen LogP contribution in [0.3, 0.4) is 0 Å². The molecule has 2 N–H and O–H groups in total. The van der Waals surface area contributed by atoms with Crippen molar-refractivity contribution < 1.29 is 14.3 Å². The minimum absolute atomic E-state index is 0.0355. The second kappa shape index (κ2) is 8.30. The Morgan fingerprint density at radius 1 is 1.00 bits per heavy atom. The van der Waals surface area contributed by atoms with Crippen LogP contribution in [-0.2, 0) is 4.79 Å². The van der Waals surface area contributed by atoms with Crippen molar-refractivity contribution in [1.82, 2.24) is 5.32 Å². The Hall–Kier alpha value is -3.08. The monoisotopic (exact) mass is 376 g/mol. The predicted octanol–water partition coefficient (Wildman–Crippen LogP) is 4.51. The summed E-state index contributed by atoms with van der Waals surface area (Å²) in [5.74, 6) is 0.530. The van der Waals surface area contributed by atoms with E-state index in [9.17, 15) is 9.59 Å². The van der Waals surface area contributed by atoms with Gasteiger partial charge in [-0.25, -0.2) is 0 Å². The van der Waals surface area contributed by atoms with Crippen molar-refractivity contribution in [2.75, 3.05) is 5.32 Å². The van der Waals surface area contributed by atoms with Gasteiger partial charge in [-0.2, -0.15) is 0 Å². The normalized spacial score (nSPS) is 18.6. The lowest BCUT2D eigenvalue weighted by atomic mass is 10.1. The van der Waals surface area contributed by atoms with Gasteiger partial charge in [0, 0.05) is 11.6 Å². The average molecular weight is 376 g/mol. The second-order valence-corrected chi connectivity index (χ2v) is 7.34. The minimum Gasteiger partial charge on any atom is -0.449 e. The van der Waals surface area contributed by atoms with E-state index in [2.05, 4.69) is 10.6 Å². The molecule has 0 unspecified atom stereocenters. The summed E-state index contributed by atoms with van der Waals surface area (Å²) in [6, 6.07) is 14.8. The summed E-state index contributed by atoms with van der Waals surface area (Å²) in [4.78, 5) is 24.7. The number of amides is 2. The fraction of sp³-hybridized carbons (Fsp3) is 0.304. The molecule has 2 aliphatic rings. The number of fused-ring (bicyclic) bond motifs is 1. The van der Waals surface area contributed by atoms with E-state index >= 15 is 0 Å². The number of carbonyl (C=O) groups excluding carboxylic acids is 2. The molecule has 1 aliphatic carbocycles. The Labute approximate surface area is 164 Å². The van der Waals surface area contributed by atoms with E-state index in [1.807, 2.05) is 30.3 Å². The summed E-state index contributed by atoms with van der Waals surface area (Å²) in [7, 11) is 0. The molecule has 0 saturated heterocycles. The Morgan fingerprint density at radius 3 is 2.46 bits per heavy atom. The first-order chi connectivity index (χ1) is 13.7. The molecule has 5 nitrogen and oxygen atoms in total. The lowest BCUT2D eigenvalue weighted by Crippen LogP contribution is -2.34. The number of anilines is 1. The fourth-order valence-corrected chi connectivity index (χ4v) is 3.68. The molecule has 28 heavy (non-hydrogen) atoms. The van der Waals surface area contributed by atoms with Gasteiger partial charge in [0.2, 0.25) is 0 Å². The number of nitrogens with one attached hydrogen (secondary N) is 2. The molecule has 5 heteroatoms. The van der Waals surface area contributed by atoms with Crippen LogP contribution in [0.4, 0.5) is 5.69 Å². The largest absolute Gasteiger partial charge is 0.449 e. The molecule has 2 amide bonds. The fourth-order valence-electron chi connectivity index (χ4n) is 3.68. The number of hydrogen-bond acceptors (Lipinski definition) is 3. The topological polar surface area (TPSA) is 67.4 Å². The lowest BCUT2D eigenvalue weighted by Gasteiger charge is -2.19. The van der Waals surface area contributed by atoms with Crippen LogP contribution in [0.15, 0.2) is 54.3 Å². The third-order valence-corrected chi connectivity index (χ3v) is 5.24. The number of rotatable bonds is 3. The molecular formula is C23H24N2O3. The molecule has 144 valence electrons. The summed E-state index contributed by atoms with van der Waals surface area (Å²) in [5, 5.41) is 5.96. The average Bonchev–Trinajstić information content (AvgIpc) is 2.98. The molecule has 0 radical (unpaired) electrons. The number of para-hydroxylation sites is 2. The second-order valence-electron chi connectivity index (χ2n) is 7.34. The van der Waals surface area contributed by atoms with Crippen LogP contribution in [0.1, 0.15) is 54.4 Å². The maximum absolute atomic E-state index is 12.5. The maximum Gasteiger partial charge on any atom is 0.291 e. The first kappa shape index (κ1) is 18.3. The van der Waals surface area contributed by atoms with Crippen LogP contribution in [0.5, 0.6) is 5.75 Å². The van der Waals surface area contributed by atoms with E-state index in [4.69, 9.17) is 4.74 Å². The highest BCUT2D eigenvalue weighted by molar-refractivity contribution is 6.08. The Morgan fingerprint density at radius 2 is 1.71 bits per heavy atom. The van der Waals surface area contributed by atoms with Crippen molar-refractivity contribution in [3.8, 4) is 5.75 Å². The van der Waals surface area contributed by atoms with Gasteiger partial charge < -0.3 is 15.4 Å². The first-order valence-corrected chi connectivity index (χ1v) is 9.90. The maximum atomic E-state index is 12.5. The van der Waals surface area contributed by atoms with E-state index in [1.54, 1.807) is 24.3 Å². The highest BCUT2D eigenvalue weighted by Crippen LogP contribution is 2.30. The summed E-state index contributed by atoms with van der Waals surface area (Å²) >= 11 is 0. The summed E-state index contributed by atoms with van der Waals surface area (Å²) < 4.78 is 5.71. The summed E-state index contributed by atoms with van der Waals surface area (Å²) in [6.45, 7) is 0. The molecule has 2 aromatic rings. The van der Waals surface area contributed by atoms with Crippen molar-refractivity contribution in [2.24, 2.45) is 0 Å². The molecule has 1 fully saturated rings. The zero-order chi connectivity index (χ0) is 19.3.